The van der Waals surface area contributed by atoms with Crippen molar-refractivity contribution < 1.29 is 0 Å². The molecule has 90 valence electrons. The summed E-state index contributed by atoms with van der Waals surface area (Å²) in [7, 11) is 3.82. The number of nitrogens with zero attached hydrogens (tertiary/aromatic N) is 5. The van der Waals surface area contributed by atoms with Crippen LogP contribution in [-0.4, -0.2) is 39.8 Å². The summed E-state index contributed by atoms with van der Waals surface area (Å²) in [6, 6.07) is 8.04. The van der Waals surface area contributed by atoms with Gasteiger partial charge < -0.3 is 5.01 Å². The Morgan fingerprint density at radius 1 is 1.35 bits per heavy atom. The molecule has 0 bridgehead atoms. The van der Waals surface area contributed by atoms with Gasteiger partial charge in [-0.2, -0.15) is 5.10 Å². The quantitative estimate of drug-likeness (QED) is 0.599. The predicted molar refractivity (Wildman–Crippen MR) is 69.0 cm³/mol. The topological polar surface area (TPSA) is 46.3 Å². The molecule has 0 aliphatic heterocycles. The molecule has 0 saturated carbocycles. The first-order valence-electron chi connectivity index (χ1n) is 5.62. The van der Waals surface area contributed by atoms with E-state index in [4.69, 9.17) is 0 Å². The summed E-state index contributed by atoms with van der Waals surface area (Å²) in [6.45, 7) is 4.07. The van der Waals surface area contributed by atoms with Crippen molar-refractivity contribution in [1.29, 1.82) is 0 Å². The number of hydrogen-bond acceptors (Lipinski definition) is 4. The average Bonchev–Trinajstić information content (AvgIpc) is 2.70. The van der Waals surface area contributed by atoms with Crippen molar-refractivity contribution >= 4 is 16.7 Å². The molecule has 0 saturated heterocycles. The van der Waals surface area contributed by atoms with Crippen molar-refractivity contribution in [1.82, 2.24) is 20.0 Å². The molecule has 0 spiro atoms. The number of benzene rings is 1. The molecule has 2 rings (SSSR count). The van der Waals surface area contributed by atoms with Gasteiger partial charge in [-0.25, -0.2) is 4.68 Å². The molecule has 0 aliphatic carbocycles. The van der Waals surface area contributed by atoms with E-state index in [0.717, 1.165) is 16.7 Å². The maximum Gasteiger partial charge on any atom is 0.113 e. The van der Waals surface area contributed by atoms with Gasteiger partial charge in [0, 0.05) is 14.1 Å². The van der Waals surface area contributed by atoms with E-state index >= 15 is 0 Å². The van der Waals surface area contributed by atoms with Crippen LogP contribution >= 0.6 is 0 Å². The molecule has 2 aromatic rings. The molecule has 5 nitrogen and oxygen atoms in total. The SMILES string of the molecule is CC(=NN(C)C)C(C)n1nnc2ccccc21. The van der Waals surface area contributed by atoms with Crippen LogP contribution in [0.25, 0.3) is 11.0 Å². The number of hydrogen-bond donors (Lipinski definition) is 0. The second kappa shape index (κ2) is 4.53. The van der Waals surface area contributed by atoms with Crippen LogP contribution in [0.15, 0.2) is 29.4 Å². The molecule has 1 atom stereocenters. The minimum atomic E-state index is 0.102. The molecule has 0 N–H and O–H groups in total. The monoisotopic (exact) mass is 231 g/mol. The largest absolute Gasteiger partial charge is 0.303 e. The summed E-state index contributed by atoms with van der Waals surface area (Å²) in [5, 5.41) is 14.5. The minimum Gasteiger partial charge on any atom is -0.303 e. The van der Waals surface area contributed by atoms with E-state index in [1.807, 2.05) is 50.0 Å². The van der Waals surface area contributed by atoms with Crippen LogP contribution < -0.4 is 0 Å². The van der Waals surface area contributed by atoms with E-state index in [1.165, 1.54) is 0 Å². The van der Waals surface area contributed by atoms with Gasteiger partial charge in [0.2, 0.25) is 0 Å². The Balaban J connectivity index is 2.40. The van der Waals surface area contributed by atoms with Gasteiger partial charge in [0.15, 0.2) is 0 Å². The zero-order valence-corrected chi connectivity index (χ0v) is 10.6. The first-order chi connectivity index (χ1) is 8.09. The molecule has 17 heavy (non-hydrogen) atoms. The highest BCUT2D eigenvalue weighted by Gasteiger charge is 2.13. The van der Waals surface area contributed by atoms with Gasteiger partial charge in [-0.3, -0.25) is 0 Å². The molecule has 5 heteroatoms. The number of rotatable bonds is 3. The molecular weight excluding hydrogens is 214 g/mol. The minimum absolute atomic E-state index is 0.102. The highest BCUT2D eigenvalue weighted by molar-refractivity contribution is 5.87. The fourth-order valence-electron chi connectivity index (χ4n) is 1.75. The first-order valence-corrected chi connectivity index (χ1v) is 5.62. The van der Waals surface area contributed by atoms with Crippen LogP contribution in [0.3, 0.4) is 0 Å². The van der Waals surface area contributed by atoms with Gasteiger partial charge in [0.05, 0.1) is 17.3 Å². The normalized spacial score (nSPS) is 14.0. The first kappa shape index (κ1) is 11.6. The van der Waals surface area contributed by atoms with Crippen molar-refractivity contribution in [2.75, 3.05) is 14.1 Å². The van der Waals surface area contributed by atoms with Crippen LogP contribution in [0.2, 0.25) is 0 Å². The lowest BCUT2D eigenvalue weighted by Crippen LogP contribution is -2.18. The molecule has 1 unspecified atom stereocenters. The lowest BCUT2D eigenvalue weighted by Gasteiger charge is -2.14. The summed E-state index contributed by atoms with van der Waals surface area (Å²) in [4.78, 5) is 0. The fraction of sp³-hybridized carbons (Fsp3) is 0.417. The summed E-state index contributed by atoms with van der Waals surface area (Å²) < 4.78 is 1.90. The molecular formula is C12H17N5. The molecule has 0 fully saturated rings. The third kappa shape index (κ3) is 2.27. The van der Waals surface area contributed by atoms with Gasteiger partial charge in [0.25, 0.3) is 0 Å². The van der Waals surface area contributed by atoms with E-state index in [0.29, 0.717) is 0 Å². The summed E-state index contributed by atoms with van der Waals surface area (Å²) in [5.74, 6) is 0. The Bertz CT molecular complexity index is 541. The number of para-hydroxylation sites is 1. The molecule has 0 radical (unpaired) electrons. The highest BCUT2D eigenvalue weighted by atomic mass is 15.5. The summed E-state index contributed by atoms with van der Waals surface area (Å²) in [6.07, 6.45) is 0. The van der Waals surface area contributed by atoms with Crippen molar-refractivity contribution in [3.8, 4) is 0 Å². The van der Waals surface area contributed by atoms with Gasteiger partial charge >= 0.3 is 0 Å². The van der Waals surface area contributed by atoms with Crippen LogP contribution in [0, 0.1) is 0 Å². The predicted octanol–water partition coefficient (Wildman–Crippen LogP) is 1.93. The summed E-state index contributed by atoms with van der Waals surface area (Å²) in [5.41, 5.74) is 2.95. The molecule has 1 aromatic carbocycles. The lowest BCUT2D eigenvalue weighted by molar-refractivity contribution is 0.430. The Kier molecular flexibility index (Phi) is 3.08. The average molecular weight is 231 g/mol. The second-order valence-electron chi connectivity index (χ2n) is 4.29. The molecule has 0 aliphatic rings. The van der Waals surface area contributed by atoms with Crippen LogP contribution in [0.1, 0.15) is 19.9 Å². The molecule has 1 aromatic heterocycles. The van der Waals surface area contributed by atoms with E-state index in [2.05, 4.69) is 22.3 Å². The Morgan fingerprint density at radius 3 is 2.76 bits per heavy atom. The van der Waals surface area contributed by atoms with Gasteiger partial charge in [-0.1, -0.05) is 17.3 Å². The Morgan fingerprint density at radius 2 is 2.06 bits per heavy atom. The third-order valence-corrected chi connectivity index (χ3v) is 2.71. The number of fused-ring (bicyclic) bond motifs is 1. The summed E-state index contributed by atoms with van der Waals surface area (Å²) >= 11 is 0. The zero-order valence-electron chi connectivity index (χ0n) is 10.6. The number of aromatic nitrogens is 3. The van der Waals surface area contributed by atoms with Gasteiger partial charge in [0.1, 0.15) is 5.52 Å². The standard InChI is InChI=1S/C12H17N5/c1-9(14-16(3)4)10(2)17-12-8-6-5-7-11(12)13-15-17/h5-8,10H,1-4H3. The van der Waals surface area contributed by atoms with Crippen LogP contribution in [0.4, 0.5) is 0 Å². The molecule has 0 amide bonds. The van der Waals surface area contributed by atoms with E-state index in [-0.39, 0.29) is 6.04 Å². The Hall–Kier alpha value is -1.91. The zero-order chi connectivity index (χ0) is 12.4. The third-order valence-electron chi connectivity index (χ3n) is 2.71. The van der Waals surface area contributed by atoms with Crippen LogP contribution in [0.5, 0.6) is 0 Å². The fourth-order valence-corrected chi connectivity index (χ4v) is 1.75. The van der Waals surface area contributed by atoms with E-state index < -0.39 is 0 Å². The van der Waals surface area contributed by atoms with E-state index in [9.17, 15) is 0 Å². The number of hydrazone groups is 1. The van der Waals surface area contributed by atoms with Crippen molar-refractivity contribution in [2.45, 2.75) is 19.9 Å². The van der Waals surface area contributed by atoms with Crippen molar-refractivity contribution in [3.05, 3.63) is 24.3 Å². The Labute approximate surface area is 101 Å². The van der Waals surface area contributed by atoms with Crippen molar-refractivity contribution in [2.24, 2.45) is 5.10 Å². The van der Waals surface area contributed by atoms with E-state index in [1.54, 1.807) is 5.01 Å². The maximum absolute atomic E-state index is 4.40. The van der Waals surface area contributed by atoms with Gasteiger partial charge in [-0.15, -0.1) is 5.10 Å². The van der Waals surface area contributed by atoms with Crippen LogP contribution in [-0.2, 0) is 0 Å². The lowest BCUT2D eigenvalue weighted by atomic mass is 10.2. The second-order valence-corrected chi connectivity index (χ2v) is 4.29. The highest BCUT2D eigenvalue weighted by Crippen LogP contribution is 2.16. The van der Waals surface area contributed by atoms with Crippen molar-refractivity contribution in [3.63, 3.8) is 0 Å². The maximum atomic E-state index is 4.40. The smallest absolute Gasteiger partial charge is 0.113 e. The molecule has 1 heterocycles. The van der Waals surface area contributed by atoms with Gasteiger partial charge in [-0.05, 0) is 26.0 Å².